The van der Waals surface area contributed by atoms with Crippen LogP contribution in [0.5, 0.6) is 0 Å². The molecule has 1 saturated heterocycles. The number of amides is 2. The molecule has 2 fully saturated rings. The van der Waals surface area contributed by atoms with Crippen LogP contribution in [0.15, 0.2) is 12.4 Å². The second-order valence-corrected chi connectivity index (χ2v) is 8.00. The fraction of sp³-hybridized carbons (Fsp3) is 0.789. The van der Waals surface area contributed by atoms with Crippen LogP contribution >= 0.6 is 0 Å². The minimum atomic E-state index is 0.0112. The molecular formula is C19H33N5O2. The summed E-state index contributed by atoms with van der Waals surface area (Å²) in [6.07, 6.45) is 8.74. The molecule has 1 N–H and O–H groups in total. The van der Waals surface area contributed by atoms with Gasteiger partial charge in [0, 0.05) is 45.6 Å². The first-order chi connectivity index (χ1) is 12.5. The Balaban J connectivity index is 1.62. The van der Waals surface area contributed by atoms with Crippen molar-refractivity contribution < 1.29 is 9.53 Å². The van der Waals surface area contributed by atoms with E-state index >= 15 is 0 Å². The third-order valence-corrected chi connectivity index (χ3v) is 5.77. The number of rotatable bonds is 7. The number of piperidine rings is 1. The molecule has 0 radical (unpaired) electrons. The molecule has 146 valence electrons. The topological polar surface area (TPSA) is 62.6 Å². The molecular weight excluding hydrogens is 330 g/mol. The number of methoxy groups -OCH3 is 1. The zero-order chi connectivity index (χ0) is 18.7. The van der Waals surface area contributed by atoms with Crippen LogP contribution in [-0.4, -0.2) is 72.6 Å². The summed E-state index contributed by atoms with van der Waals surface area (Å²) in [4.78, 5) is 16.9. The van der Waals surface area contributed by atoms with Gasteiger partial charge in [0.25, 0.3) is 0 Å². The van der Waals surface area contributed by atoms with Crippen LogP contribution in [0.2, 0.25) is 0 Å². The second-order valence-electron chi connectivity index (χ2n) is 8.00. The smallest absolute Gasteiger partial charge is 0.317 e. The summed E-state index contributed by atoms with van der Waals surface area (Å²) in [5.74, 6) is 0.992. The van der Waals surface area contributed by atoms with E-state index < -0.39 is 0 Å². The van der Waals surface area contributed by atoms with E-state index in [1.165, 1.54) is 24.8 Å². The van der Waals surface area contributed by atoms with Gasteiger partial charge in [-0.3, -0.25) is 9.58 Å². The molecule has 1 aromatic rings. The van der Waals surface area contributed by atoms with E-state index in [9.17, 15) is 4.79 Å². The molecule has 2 heterocycles. The highest BCUT2D eigenvalue weighted by molar-refractivity contribution is 5.74. The van der Waals surface area contributed by atoms with Gasteiger partial charge in [-0.25, -0.2) is 4.79 Å². The van der Waals surface area contributed by atoms with Crippen LogP contribution in [0.3, 0.4) is 0 Å². The third kappa shape index (κ3) is 4.57. The van der Waals surface area contributed by atoms with Crippen LogP contribution in [0.1, 0.15) is 37.3 Å². The van der Waals surface area contributed by atoms with Crippen molar-refractivity contribution in [2.45, 2.75) is 37.8 Å². The zero-order valence-electron chi connectivity index (χ0n) is 16.5. The number of urea groups is 1. The van der Waals surface area contributed by atoms with Crippen molar-refractivity contribution in [3.05, 3.63) is 18.0 Å². The highest BCUT2D eigenvalue weighted by atomic mass is 16.5. The van der Waals surface area contributed by atoms with E-state index in [0.717, 1.165) is 19.5 Å². The molecule has 1 aliphatic carbocycles. The molecule has 1 aliphatic heterocycles. The van der Waals surface area contributed by atoms with Gasteiger partial charge in [0.05, 0.1) is 18.8 Å². The summed E-state index contributed by atoms with van der Waals surface area (Å²) in [5.41, 5.74) is 1.24. The van der Waals surface area contributed by atoms with Gasteiger partial charge >= 0.3 is 6.03 Å². The standard InChI is InChI=1S/C19H33N5O2/c1-22-9-5-6-15(18(22)16-10-20-24(3)12-16)11-23(2)19(25)21-17(13-26-4)14-7-8-14/h10,12,14-15,17-18H,5-9,11,13H2,1-4H3,(H,21,25)/t15-,17+,18+/m0/s1. The SMILES string of the molecule is COC[C@@H](NC(=O)N(C)C[C@@H]1CCCN(C)[C@H]1c1cnn(C)c1)C1CC1. The Bertz CT molecular complexity index is 601. The largest absolute Gasteiger partial charge is 0.383 e. The van der Waals surface area contributed by atoms with Crippen molar-refractivity contribution in [2.75, 3.05) is 40.9 Å². The summed E-state index contributed by atoms with van der Waals surface area (Å²) in [7, 11) is 7.73. The number of carbonyl (C=O) groups is 1. The Morgan fingerprint density at radius 2 is 2.19 bits per heavy atom. The number of hydrogen-bond acceptors (Lipinski definition) is 4. The van der Waals surface area contributed by atoms with Gasteiger partial charge in [-0.15, -0.1) is 0 Å². The first-order valence-electron chi connectivity index (χ1n) is 9.69. The number of aromatic nitrogens is 2. The van der Waals surface area contributed by atoms with Crippen molar-refractivity contribution in [1.29, 1.82) is 0 Å². The minimum Gasteiger partial charge on any atom is -0.383 e. The van der Waals surface area contributed by atoms with E-state index in [4.69, 9.17) is 4.74 Å². The van der Waals surface area contributed by atoms with E-state index in [0.29, 0.717) is 24.5 Å². The maximum absolute atomic E-state index is 12.7. The van der Waals surface area contributed by atoms with Crippen molar-refractivity contribution in [3.63, 3.8) is 0 Å². The van der Waals surface area contributed by atoms with Crippen LogP contribution in [0.25, 0.3) is 0 Å². The Labute approximate surface area is 156 Å². The lowest BCUT2D eigenvalue weighted by Gasteiger charge is -2.40. The summed E-state index contributed by atoms with van der Waals surface area (Å²) < 4.78 is 7.14. The molecule has 26 heavy (non-hydrogen) atoms. The Kier molecular flexibility index (Phi) is 6.19. The first-order valence-corrected chi connectivity index (χ1v) is 9.69. The third-order valence-electron chi connectivity index (χ3n) is 5.77. The van der Waals surface area contributed by atoms with Gasteiger partial charge in [0.1, 0.15) is 0 Å². The molecule has 0 aromatic carbocycles. The number of likely N-dealkylation sites (tertiary alicyclic amines) is 1. The molecule has 2 amide bonds. The highest BCUT2D eigenvalue weighted by Gasteiger charge is 2.35. The molecule has 3 rings (SSSR count). The van der Waals surface area contributed by atoms with E-state index in [2.05, 4.69) is 28.6 Å². The van der Waals surface area contributed by atoms with Crippen molar-refractivity contribution in [2.24, 2.45) is 18.9 Å². The Hall–Kier alpha value is -1.60. The lowest BCUT2D eigenvalue weighted by molar-refractivity contribution is 0.0970. The fourth-order valence-electron chi connectivity index (χ4n) is 4.25. The predicted octanol–water partition coefficient (Wildman–Crippen LogP) is 1.87. The van der Waals surface area contributed by atoms with E-state index in [1.807, 2.05) is 29.9 Å². The van der Waals surface area contributed by atoms with Gasteiger partial charge in [-0.1, -0.05) is 0 Å². The lowest BCUT2D eigenvalue weighted by Crippen LogP contribution is -2.49. The van der Waals surface area contributed by atoms with E-state index in [-0.39, 0.29) is 12.1 Å². The molecule has 1 aromatic heterocycles. The Morgan fingerprint density at radius 1 is 1.42 bits per heavy atom. The van der Waals surface area contributed by atoms with Crippen LogP contribution < -0.4 is 5.32 Å². The number of ether oxygens (including phenoxy) is 1. The average molecular weight is 364 g/mol. The fourth-order valence-corrected chi connectivity index (χ4v) is 4.25. The van der Waals surface area contributed by atoms with Gasteiger partial charge in [-0.05, 0) is 51.1 Å². The van der Waals surface area contributed by atoms with Crippen LogP contribution in [-0.2, 0) is 11.8 Å². The number of nitrogens with zero attached hydrogens (tertiary/aromatic N) is 4. The molecule has 1 saturated carbocycles. The first kappa shape index (κ1) is 19.2. The minimum absolute atomic E-state index is 0.0112. The normalized spacial score (nSPS) is 25.1. The summed E-state index contributed by atoms with van der Waals surface area (Å²) in [6.45, 7) is 2.43. The quantitative estimate of drug-likeness (QED) is 0.803. The molecule has 7 nitrogen and oxygen atoms in total. The monoisotopic (exact) mass is 363 g/mol. The number of carbonyl (C=O) groups excluding carboxylic acids is 1. The summed E-state index contributed by atoms with van der Waals surface area (Å²) >= 11 is 0. The average Bonchev–Trinajstić information content (AvgIpc) is 3.36. The van der Waals surface area contributed by atoms with E-state index in [1.54, 1.807) is 7.11 Å². The highest BCUT2D eigenvalue weighted by Crippen LogP contribution is 2.35. The molecule has 0 bridgehead atoms. The maximum atomic E-state index is 12.7. The molecule has 3 atom stereocenters. The maximum Gasteiger partial charge on any atom is 0.317 e. The van der Waals surface area contributed by atoms with Crippen LogP contribution in [0.4, 0.5) is 4.79 Å². The molecule has 0 unspecified atom stereocenters. The van der Waals surface area contributed by atoms with Gasteiger partial charge in [0.15, 0.2) is 0 Å². The molecule has 7 heteroatoms. The molecule has 2 aliphatic rings. The number of aryl methyl sites for hydroxylation is 1. The van der Waals surface area contributed by atoms with Crippen molar-refractivity contribution >= 4 is 6.03 Å². The predicted molar refractivity (Wildman–Crippen MR) is 101 cm³/mol. The second kappa shape index (κ2) is 8.39. The van der Waals surface area contributed by atoms with Gasteiger partial charge < -0.3 is 15.0 Å². The number of hydrogen-bond donors (Lipinski definition) is 1. The van der Waals surface area contributed by atoms with Crippen LogP contribution in [0, 0.1) is 11.8 Å². The zero-order valence-corrected chi connectivity index (χ0v) is 16.5. The lowest BCUT2D eigenvalue weighted by atomic mass is 9.86. The summed E-state index contributed by atoms with van der Waals surface area (Å²) in [5, 5.41) is 7.52. The van der Waals surface area contributed by atoms with Gasteiger partial charge in [-0.2, -0.15) is 5.10 Å². The van der Waals surface area contributed by atoms with Crippen molar-refractivity contribution in [1.82, 2.24) is 24.9 Å². The Morgan fingerprint density at radius 3 is 2.81 bits per heavy atom. The number of nitrogens with one attached hydrogen (secondary N) is 1. The summed E-state index contributed by atoms with van der Waals surface area (Å²) in [6, 6.07) is 0.459. The van der Waals surface area contributed by atoms with Crippen molar-refractivity contribution in [3.8, 4) is 0 Å². The van der Waals surface area contributed by atoms with Gasteiger partial charge in [0.2, 0.25) is 0 Å². The molecule has 0 spiro atoms.